The van der Waals surface area contributed by atoms with Gasteiger partial charge in [-0.25, -0.2) is 4.79 Å². The quantitative estimate of drug-likeness (QED) is 0.377. The van der Waals surface area contributed by atoms with Gasteiger partial charge in [-0.2, -0.15) is 0 Å². The lowest BCUT2D eigenvalue weighted by Crippen LogP contribution is -2.30. The Morgan fingerprint density at radius 3 is 2.29 bits per heavy atom. The summed E-state index contributed by atoms with van der Waals surface area (Å²) in [6.45, 7) is 2.00. The van der Waals surface area contributed by atoms with Gasteiger partial charge in [-0.3, -0.25) is 9.59 Å². The maximum atomic E-state index is 12.8. The zero-order chi connectivity index (χ0) is 22.2. The third-order valence-corrected chi connectivity index (χ3v) is 4.61. The standard InChI is InChI=1S/C23H19BrN2O5/c1-2-30-23(29)16-7-11-18(12-8-16)25-22(28)20(14-19-4-3-13-31-19)26-21(27)15-5-9-17(24)10-6-15/h3-14H,2H2,1H3,(H,25,28)(H,26,27). The molecule has 0 radical (unpaired) electrons. The number of amides is 2. The molecule has 158 valence electrons. The molecule has 2 N–H and O–H groups in total. The Hall–Kier alpha value is -3.65. The summed E-state index contributed by atoms with van der Waals surface area (Å²) in [6.07, 6.45) is 2.89. The van der Waals surface area contributed by atoms with E-state index in [-0.39, 0.29) is 12.3 Å². The molecule has 3 rings (SSSR count). The van der Waals surface area contributed by atoms with E-state index in [9.17, 15) is 14.4 Å². The van der Waals surface area contributed by atoms with Gasteiger partial charge in [0.2, 0.25) is 0 Å². The van der Waals surface area contributed by atoms with Gasteiger partial charge >= 0.3 is 5.97 Å². The number of carbonyl (C=O) groups excluding carboxylic acids is 3. The first-order chi connectivity index (χ1) is 15.0. The molecule has 0 aliphatic rings. The zero-order valence-corrected chi connectivity index (χ0v) is 18.1. The van der Waals surface area contributed by atoms with Crippen molar-refractivity contribution in [3.63, 3.8) is 0 Å². The van der Waals surface area contributed by atoms with E-state index in [1.807, 2.05) is 0 Å². The minimum Gasteiger partial charge on any atom is -0.465 e. The molecule has 31 heavy (non-hydrogen) atoms. The normalized spacial score (nSPS) is 11.0. The average molecular weight is 483 g/mol. The van der Waals surface area contributed by atoms with Crippen molar-refractivity contribution in [3.05, 3.63) is 94.0 Å². The smallest absolute Gasteiger partial charge is 0.338 e. The number of carbonyl (C=O) groups is 3. The van der Waals surface area contributed by atoms with E-state index < -0.39 is 17.8 Å². The van der Waals surface area contributed by atoms with Gasteiger partial charge in [0.05, 0.1) is 18.4 Å². The first-order valence-electron chi connectivity index (χ1n) is 9.37. The summed E-state index contributed by atoms with van der Waals surface area (Å²) in [5.41, 5.74) is 1.20. The van der Waals surface area contributed by atoms with Gasteiger partial charge in [0, 0.05) is 21.8 Å². The Morgan fingerprint density at radius 1 is 1.00 bits per heavy atom. The van der Waals surface area contributed by atoms with Crippen molar-refractivity contribution in [1.29, 1.82) is 0 Å². The fraction of sp³-hybridized carbons (Fsp3) is 0.0870. The van der Waals surface area contributed by atoms with Gasteiger partial charge in [-0.15, -0.1) is 0 Å². The molecular weight excluding hydrogens is 464 g/mol. The van der Waals surface area contributed by atoms with Crippen LogP contribution in [-0.4, -0.2) is 24.4 Å². The van der Waals surface area contributed by atoms with Crippen molar-refractivity contribution in [2.24, 2.45) is 0 Å². The number of anilines is 1. The van der Waals surface area contributed by atoms with Crippen molar-refractivity contribution in [2.45, 2.75) is 6.92 Å². The molecule has 0 aliphatic carbocycles. The van der Waals surface area contributed by atoms with E-state index in [1.165, 1.54) is 12.3 Å². The summed E-state index contributed by atoms with van der Waals surface area (Å²) in [4.78, 5) is 37.2. The van der Waals surface area contributed by atoms with Crippen LogP contribution in [0.15, 0.2) is 81.5 Å². The number of furan rings is 1. The number of rotatable bonds is 7. The van der Waals surface area contributed by atoms with E-state index >= 15 is 0 Å². The first-order valence-corrected chi connectivity index (χ1v) is 10.2. The summed E-state index contributed by atoms with van der Waals surface area (Å²) in [7, 11) is 0. The lowest BCUT2D eigenvalue weighted by Gasteiger charge is -2.11. The fourth-order valence-corrected chi connectivity index (χ4v) is 2.84. The number of nitrogens with one attached hydrogen (secondary N) is 2. The molecule has 1 heterocycles. The predicted octanol–water partition coefficient (Wildman–Crippen LogP) is 4.63. The molecule has 7 nitrogen and oxygen atoms in total. The number of esters is 1. The van der Waals surface area contributed by atoms with E-state index in [0.717, 1.165) is 4.47 Å². The Morgan fingerprint density at radius 2 is 1.68 bits per heavy atom. The van der Waals surface area contributed by atoms with Crippen LogP contribution < -0.4 is 10.6 Å². The Bertz CT molecular complexity index is 1090. The number of hydrogen-bond acceptors (Lipinski definition) is 5. The molecule has 3 aromatic rings. The largest absolute Gasteiger partial charge is 0.465 e. The summed E-state index contributed by atoms with van der Waals surface area (Å²) in [5.74, 6) is -1.04. The lowest BCUT2D eigenvalue weighted by atomic mass is 10.2. The van der Waals surface area contributed by atoms with Crippen LogP contribution in [0.2, 0.25) is 0 Å². The highest BCUT2D eigenvalue weighted by molar-refractivity contribution is 9.10. The van der Waals surface area contributed by atoms with Crippen LogP contribution in [0.1, 0.15) is 33.4 Å². The van der Waals surface area contributed by atoms with Crippen molar-refractivity contribution < 1.29 is 23.5 Å². The number of halogens is 1. The molecule has 8 heteroatoms. The molecule has 2 aromatic carbocycles. The van der Waals surface area contributed by atoms with Crippen molar-refractivity contribution in [3.8, 4) is 0 Å². The molecule has 0 spiro atoms. The molecule has 0 fully saturated rings. The Balaban J connectivity index is 1.77. The van der Waals surface area contributed by atoms with Crippen LogP contribution in [0.5, 0.6) is 0 Å². The molecule has 0 saturated carbocycles. The first kappa shape index (κ1) is 22.0. The number of ether oxygens (including phenoxy) is 1. The summed E-state index contributed by atoms with van der Waals surface area (Å²) in [6, 6.07) is 16.3. The highest BCUT2D eigenvalue weighted by atomic mass is 79.9. The zero-order valence-electron chi connectivity index (χ0n) is 16.6. The Kier molecular flexibility index (Phi) is 7.40. The highest BCUT2D eigenvalue weighted by Gasteiger charge is 2.16. The molecule has 0 atom stereocenters. The molecule has 0 aliphatic heterocycles. The summed E-state index contributed by atoms with van der Waals surface area (Å²) < 4.78 is 11.0. The van der Waals surface area contributed by atoms with Crippen LogP contribution >= 0.6 is 15.9 Å². The van der Waals surface area contributed by atoms with Gasteiger partial charge in [0.1, 0.15) is 11.5 Å². The third-order valence-electron chi connectivity index (χ3n) is 4.08. The maximum Gasteiger partial charge on any atom is 0.338 e. The molecule has 1 aromatic heterocycles. The molecular formula is C23H19BrN2O5. The topological polar surface area (TPSA) is 97.6 Å². The van der Waals surface area contributed by atoms with E-state index in [4.69, 9.17) is 9.15 Å². The van der Waals surface area contributed by atoms with Crippen molar-refractivity contribution in [1.82, 2.24) is 5.32 Å². The monoisotopic (exact) mass is 482 g/mol. The van der Waals surface area contributed by atoms with Crippen LogP contribution in [0, 0.1) is 0 Å². The third kappa shape index (κ3) is 6.16. The van der Waals surface area contributed by atoms with Gasteiger partial charge in [0.25, 0.3) is 11.8 Å². The minimum absolute atomic E-state index is 0.00246. The predicted molar refractivity (Wildman–Crippen MR) is 119 cm³/mol. The second kappa shape index (κ2) is 10.4. The molecule has 0 unspecified atom stereocenters. The average Bonchev–Trinajstić information content (AvgIpc) is 3.27. The second-order valence-corrected chi connectivity index (χ2v) is 7.20. The lowest BCUT2D eigenvalue weighted by molar-refractivity contribution is -0.113. The SMILES string of the molecule is CCOC(=O)c1ccc(NC(=O)C(=Cc2ccco2)NC(=O)c2ccc(Br)cc2)cc1. The van der Waals surface area contributed by atoms with Gasteiger partial charge < -0.3 is 19.8 Å². The minimum atomic E-state index is -0.550. The Labute approximate surface area is 187 Å². The van der Waals surface area contributed by atoms with Gasteiger partial charge in [-0.05, 0) is 67.6 Å². The van der Waals surface area contributed by atoms with Crippen LogP contribution in [0.4, 0.5) is 5.69 Å². The van der Waals surface area contributed by atoms with E-state index in [2.05, 4.69) is 26.6 Å². The molecule has 2 amide bonds. The molecule has 0 saturated heterocycles. The van der Waals surface area contributed by atoms with Gasteiger partial charge in [-0.1, -0.05) is 15.9 Å². The van der Waals surface area contributed by atoms with Gasteiger partial charge in [0.15, 0.2) is 0 Å². The van der Waals surface area contributed by atoms with Crippen LogP contribution in [0.3, 0.4) is 0 Å². The highest BCUT2D eigenvalue weighted by Crippen LogP contribution is 2.15. The maximum absolute atomic E-state index is 12.8. The van der Waals surface area contributed by atoms with Crippen LogP contribution in [0.25, 0.3) is 6.08 Å². The second-order valence-electron chi connectivity index (χ2n) is 6.29. The fourth-order valence-electron chi connectivity index (χ4n) is 2.57. The summed E-state index contributed by atoms with van der Waals surface area (Å²) in [5, 5.41) is 5.31. The summed E-state index contributed by atoms with van der Waals surface area (Å²) >= 11 is 3.32. The van der Waals surface area contributed by atoms with E-state index in [0.29, 0.717) is 22.6 Å². The molecule has 0 bridgehead atoms. The number of hydrogen-bond donors (Lipinski definition) is 2. The number of benzene rings is 2. The van der Waals surface area contributed by atoms with Crippen LogP contribution in [-0.2, 0) is 9.53 Å². The van der Waals surface area contributed by atoms with E-state index in [1.54, 1.807) is 67.6 Å². The van der Waals surface area contributed by atoms with Crippen molar-refractivity contribution >= 4 is 45.5 Å². The van der Waals surface area contributed by atoms with Crippen molar-refractivity contribution in [2.75, 3.05) is 11.9 Å².